The predicted octanol–water partition coefficient (Wildman–Crippen LogP) is 1.74. The highest BCUT2D eigenvalue weighted by atomic mass is 16.4. The standard InChI is InChI=1S/C12H11N3O2/c1-15(2)7-3-4-9-8(5-7)11-10(6-13-9)14-12(16)17-11/h3-6H,1-2H3,(H,14,16). The van der Waals surface area contributed by atoms with Crippen molar-refractivity contribution in [3.8, 4) is 0 Å². The topological polar surface area (TPSA) is 62.1 Å². The highest BCUT2D eigenvalue weighted by Crippen LogP contribution is 2.25. The Kier molecular flexibility index (Phi) is 1.95. The molecule has 0 spiro atoms. The molecule has 1 aromatic carbocycles. The van der Waals surface area contributed by atoms with Crippen LogP contribution in [0.2, 0.25) is 0 Å². The Morgan fingerprint density at radius 1 is 1.35 bits per heavy atom. The number of hydrogen-bond donors (Lipinski definition) is 1. The number of hydrogen-bond acceptors (Lipinski definition) is 4. The Morgan fingerprint density at radius 3 is 2.94 bits per heavy atom. The van der Waals surface area contributed by atoms with Crippen LogP contribution in [0, 0.1) is 0 Å². The van der Waals surface area contributed by atoms with E-state index in [1.165, 1.54) is 0 Å². The summed E-state index contributed by atoms with van der Waals surface area (Å²) in [5.74, 6) is -0.454. The maximum absolute atomic E-state index is 11.2. The van der Waals surface area contributed by atoms with Crippen LogP contribution in [0.15, 0.2) is 33.6 Å². The third-order valence-electron chi connectivity index (χ3n) is 2.75. The first-order valence-electron chi connectivity index (χ1n) is 5.24. The number of fused-ring (bicyclic) bond motifs is 3. The molecule has 2 aromatic heterocycles. The lowest BCUT2D eigenvalue weighted by molar-refractivity contribution is 0.558. The van der Waals surface area contributed by atoms with E-state index in [2.05, 4.69) is 9.97 Å². The van der Waals surface area contributed by atoms with E-state index >= 15 is 0 Å². The van der Waals surface area contributed by atoms with E-state index < -0.39 is 5.76 Å². The monoisotopic (exact) mass is 229 g/mol. The van der Waals surface area contributed by atoms with Crippen LogP contribution in [-0.2, 0) is 0 Å². The first-order chi connectivity index (χ1) is 8.15. The van der Waals surface area contributed by atoms with E-state index in [0.717, 1.165) is 16.6 Å². The van der Waals surface area contributed by atoms with Gasteiger partial charge in [-0.05, 0) is 18.2 Å². The molecule has 3 aromatic rings. The summed E-state index contributed by atoms with van der Waals surface area (Å²) in [5, 5.41) is 0.840. The third kappa shape index (κ3) is 1.47. The van der Waals surface area contributed by atoms with Crippen molar-refractivity contribution >= 4 is 27.7 Å². The van der Waals surface area contributed by atoms with Gasteiger partial charge in [-0.1, -0.05) is 0 Å². The molecule has 0 aliphatic heterocycles. The van der Waals surface area contributed by atoms with Gasteiger partial charge in [-0.3, -0.25) is 9.97 Å². The number of aromatic nitrogens is 2. The Balaban J connectivity index is 2.45. The summed E-state index contributed by atoms with van der Waals surface area (Å²) >= 11 is 0. The molecule has 0 atom stereocenters. The lowest BCUT2D eigenvalue weighted by atomic mass is 10.2. The number of nitrogens with one attached hydrogen (secondary N) is 1. The van der Waals surface area contributed by atoms with E-state index in [0.29, 0.717) is 11.1 Å². The van der Waals surface area contributed by atoms with Crippen molar-refractivity contribution in [2.45, 2.75) is 0 Å². The van der Waals surface area contributed by atoms with E-state index in [1.807, 2.05) is 37.2 Å². The van der Waals surface area contributed by atoms with Crippen LogP contribution >= 0.6 is 0 Å². The Bertz CT molecular complexity index is 755. The second kappa shape index (κ2) is 3.35. The number of rotatable bonds is 1. The number of benzene rings is 1. The molecule has 17 heavy (non-hydrogen) atoms. The van der Waals surface area contributed by atoms with Crippen LogP contribution < -0.4 is 10.7 Å². The van der Waals surface area contributed by atoms with Gasteiger partial charge in [0.2, 0.25) is 0 Å². The van der Waals surface area contributed by atoms with Gasteiger partial charge < -0.3 is 9.32 Å². The summed E-state index contributed by atoms with van der Waals surface area (Å²) in [5.41, 5.74) is 3.03. The molecule has 3 rings (SSSR count). The first-order valence-corrected chi connectivity index (χ1v) is 5.24. The van der Waals surface area contributed by atoms with E-state index in [9.17, 15) is 4.79 Å². The average molecular weight is 229 g/mol. The van der Waals surface area contributed by atoms with Gasteiger partial charge in [-0.15, -0.1) is 0 Å². The van der Waals surface area contributed by atoms with Gasteiger partial charge >= 0.3 is 5.76 Å². The molecule has 0 unspecified atom stereocenters. The molecule has 0 saturated carbocycles. The molecule has 2 heterocycles. The summed E-state index contributed by atoms with van der Waals surface area (Å²) in [7, 11) is 3.92. The molecule has 0 fully saturated rings. The molecule has 5 heteroatoms. The van der Waals surface area contributed by atoms with Crippen LogP contribution in [0.1, 0.15) is 0 Å². The van der Waals surface area contributed by atoms with Crippen molar-refractivity contribution in [1.29, 1.82) is 0 Å². The smallest absolute Gasteiger partial charge is 0.407 e. The minimum atomic E-state index is -0.454. The molecule has 1 N–H and O–H groups in total. The van der Waals surface area contributed by atoms with Gasteiger partial charge in [0.15, 0.2) is 5.58 Å². The van der Waals surface area contributed by atoms with Crippen molar-refractivity contribution in [3.05, 3.63) is 34.9 Å². The maximum atomic E-state index is 11.2. The Hall–Kier alpha value is -2.30. The van der Waals surface area contributed by atoms with E-state index in [-0.39, 0.29) is 0 Å². The first kappa shape index (κ1) is 9.89. The summed E-state index contributed by atoms with van der Waals surface area (Å²) in [6.45, 7) is 0. The Labute approximate surface area is 96.7 Å². The zero-order valence-electron chi connectivity index (χ0n) is 9.52. The lowest BCUT2D eigenvalue weighted by Gasteiger charge is -2.12. The second-order valence-electron chi connectivity index (χ2n) is 4.11. The molecule has 0 bridgehead atoms. The van der Waals surface area contributed by atoms with Crippen molar-refractivity contribution in [1.82, 2.24) is 9.97 Å². The fourth-order valence-corrected chi connectivity index (χ4v) is 1.86. The molecule has 0 aliphatic rings. The van der Waals surface area contributed by atoms with Crippen LogP contribution in [0.5, 0.6) is 0 Å². The van der Waals surface area contributed by atoms with Crippen molar-refractivity contribution in [2.75, 3.05) is 19.0 Å². The van der Waals surface area contributed by atoms with Crippen LogP contribution in [0.25, 0.3) is 22.0 Å². The lowest BCUT2D eigenvalue weighted by Crippen LogP contribution is -2.08. The molecule has 0 aliphatic carbocycles. The highest BCUT2D eigenvalue weighted by Gasteiger charge is 2.08. The van der Waals surface area contributed by atoms with Crippen molar-refractivity contribution in [2.24, 2.45) is 0 Å². The van der Waals surface area contributed by atoms with E-state index in [4.69, 9.17) is 4.42 Å². The summed E-state index contributed by atoms with van der Waals surface area (Å²) in [4.78, 5) is 20.1. The van der Waals surface area contributed by atoms with Crippen LogP contribution in [0.3, 0.4) is 0 Å². The second-order valence-corrected chi connectivity index (χ2v) is 4.11. The largest absolute Gasteiger partial charge is 0.417 e. The molecular formula is C12H11N3O2. The minimum Gasteiger partial charge on any atom is -0.407 e. The Morgan fingerprint density at radius 2 is 2.18 bits per heavy atom. The van der Waals surface area contributed by atoms with Gasteiger partial charge in [0.25, 0.3) is 0 Å². The summed E-state index contributed by atoms with van der Waals surface area (Å²) in [6, 6.07) is 5.85. The normalized spacial score (nSPS) is 11.2. The van der Waals surface area contributed by atoms with Gasteiger partial charge in [0.05, 0.1) is 11.7 Å². The minimum absolute atomic E-state index is 0.454. The fourth-order valence-electron chi connectivity index (χ4n) is 1.86. The predicted molar refractivity (Wildman–Crippen MR) is 66.5 cm³/mol. The van der Waals surface area contributed by atoms with Gasteiger partial charge in [-0.25, -0.2) is 4.79 Å². The number of H-pyrrole nitrogens is 1. The van der Waals surface area contributed by atoms with Crippen molar-refractivity contribution < 1.29 is 4.42 Å². The van der Waals surface area contributed by atoms with Gasteiger partial charge in [0, 0.05) is 25.2 Å². The zero-order chi connectivity index (χ0) is 12.0. The molecule has 86 valence electrons. The third-order valence-corrected chi connectivity index (χ3v) is 2.75. The molecular weight excluding hydrogens is 218 g/mol. The number of oxazole rings is 1. The van der Waals surface area contributed by atoms with E-state index in [1.54, 1.807) is 6.20 Å². The highest BCUT2D eigenvalue weighted by molar-refractivity contribution is 6.01. The SMILES string of the molecule is CN(C)c1ccc2ncc3[nH]c(=O)oc3c2c1. The summed E-state index contributed by atoms with van der Waals surface area (Å²) < 4.78 is 5.15. The number of pyridine rings is 1. The van der Waals surface area contributed by atoms with Crippen LogP contribution in [0.4, 0.5) is 5.69 Å². The molecule has 5 nitrogen and oxygen atoms in total. The number of nitrogens with zero attached hydrogens (tertiary/aromatic N) is 2. The van der Waals surface area contributed by atoms with Crippen molar-refractivity contribution in [3.63, 3.8) is 0 Å². The van der Waals surface area contributed by atoms with Gasteiger partial charge in [0.1, 0.15) is 5.52 Å². The maximum Gasteiger partial charge on any atom is 0.417 e. The molecule has 0 amide bonds. The number of aromatic amines is 1. The quantitative estimate of drug-likeness (QED) is 0.690. The zero-order valence-corrected chi connectivity index (χ0v) is 9.52. The van der Waals surface area contributed by atoms with Gasteiger partial charge in [-0.2, -0.15) is 0 Å². The molecule has 0 saturated heterocycles. The average Bonchev–Trinajstić information content (AvgIpc) is 2.69. The summed E-state index contributed by atoms with van der Waals surface area (Å²) in [6.07, 6.45) is 1.61. The number of anilines is 1. The fraction of sp³-hybridized carbons (Fsp3) is 0.167. The molecule has 0 radical (unpaired) electrons. The van der Waals surface area contributed by atoms with Crippen LogP contribution in [-0.4, -0.2) is 24.1 Å².